The Balaban J connectivity index is 0.000000138. The van der Waals surface area contributed by atoms with Gasteiger partial charge >= 0.3 is 0 Å². The molecule has 2 fully saturated rings. The van der Waals surface area contributed by atoms with Gasteiger partial charge in [-0.05, 0) is 36.5 Å². The maximum atomic E-state index is 4.19. The fourth-order valence-corrected chi connectivity index (χ4v) is 3.13. The van der Waals surface area contributed by atoms with E-state index in [1.54, 1.807) is 0 Å². The lowest BCUT2D eigenvalue weighted by molar-refractivity contribution is 0.289. The van der Waals surface area contributed by atoms with Gasteiger partial charge < -0.3 is 0 Å². The molecular formula is C16H22. The summed E-state index contributed by atoms with van der Waals surface area (Å²) in [7, 11) is 0. The molecule has 1 aromatic rings. The third-order valence-corrected chi connectivity index (χ3v) is 4.44. The summed E-state index contributed by atoms with van der Waals surface area (Å²) < 4.78 is 0. The Morgan fingerprint density at radius 2 is 1.50 bits per heavy atom. The van der Waals surface area contributed by atoms with Crippen molar-refractivity contribution in [1.82, 2.24) is 0 Å². The summed E-state index contributed by atoms with van der Waals surface area (Å²) >= 11 is 0. The second-order valence-electron chi connectivity index (χ2n) is 5.61. The van der Waals surface area contributed by atoms with Crippen LogP contribution in [0.3, 0.4) is 0 Å². The van der Waals surface area contributed by atoms with Crippen LogP contribution in [0.25, 0.3) is 0 Å². The minimum absolute atomic E-state index is 0.475. The molecule has 16 heavy (non-hydrogen) atoms. The number of benzene rings is 1. The van der Waals surface area contributed by atoms with E-state index in [4.69, 9.17) is 0 Å². The average Bonchev–Trinajstić information content (AvgIpc) is 2.86. The maximum Gasteiger partial charge on any atom is -0.0116 e. The number of rotatable bonds is 0. The molecular weight excluding hydrogens is 192 g/mol. The predicted octanol–water partition coefficient (Wildman–Crippen LogP) is 4.69. The van der Waals surface area contributed by atoms with Crippen molar-refractivity contribution >= 4 is 0 Å². The Morgan fingerprint density at radius 3 is 1.75 bits per heavy atom. The summed E-state index contributed by atoms with van der Waals surface area (Å²) in [4.78, 5) is 0. The molecule has 0 radical (unpaired) electrons. The van der Waals surface area contributed by atoms with E-state index in [1.165, 1.54) is 24.8 Å². The molecule has 0 saturated heterocycles. The van der Waals surface area contributed by atoms with Crippen molar-refractivity contribution in [3.63, 3.8) is 0 Å². The van der Waals surface area contributed by atoms with Gasteiger partial charge in [0.15, 0.2) is 0 Å². The van der Waals surface area contributed by atoms with E-state index in [0.29, 0.717) is 5.41 Å². The Bertz CT molecular complexity index is 321. The normalized spacial score (nSPS) is 29.8. The highest BCUT2D eigenvalue weighted by Crippen LogP contribution is 2.58. The molecule has 0 heteroatoms. The number of hydrogen-bond donors (Lipinski definition) is 0. The van der Waals surface area contributed by atoms with Crippen molar-refractivity contribution in [1.29, 1.82) is 0 Å². The van der Waals surface area contributed by atoms with Gasteiger partial charge in [-0.1, -0.05) is 62.4 Å². The molecule has 86 valence electrons. The van der Waals surface area contributed by atoms with Crippen LogP contribution in [0.1, 0.15) is 33.1 Å². The van der Waals surface area contributed by atoms with Crippen molar-refractivity contribution in [3.8, 4) is 0 Å². The smallest absolute Gasteiger partial charge is 0.0116 e. The standard InChI is InChI=1S/C10H16.C6H6/c1-7-8-4-5-9(6-8)10(7,2)3;1-2-4-6-5-3-1/h8-9H,1,4-6H2,2-3H3;1-6H. The van der Waals surface area contributed by atoms with Crippen molar-refractivity contribution < 1.29 is 0 Å². The van der Waals surface area contributed by atoms with Gasteiger partial charge in [-0.2, -0.15) is 0 Å². The molecule has 0 aromatic heterocycles. The van der Waals surface area contributed by atoms with Crippen LogP contribution in [0, 0.1) is 17.3 Å². The third-order valence-electron chi connectivity index (χ3n) is 4.44. The van der Waals surface area contributed by atoms with Crippen LogP contribution < -0.4 is 0 Å². The van der Waals surface area contributed by atoms with Crippen LogP contribution in [-0.4, -0.2) is 0 Å². The van der Waals surface area contributed by atoms with Gasteiger partial charge in [0, 0.05) is 0 Å². The lowest BCUT2D eigenvalue weighted by Crippen LogP contribution is -2.21. The third kappa shape index (κ3) is 2.07. The maximum absolute atomic E-state index is 4.19. The van der Waals surface area contributed by atoms with Crippen LogP contribution >= 0.6 is 0 Å². The molecule has 2 aliphatic rings. The van der Waals surface area contributed by atoms with E-state index in [-0.39, 0.29) is 0 Å². The van der Waals surface area contributed by atoms with Crippen molar-refractivity contribution in [2.45, 2.75) is 33.1 Å². The van der Waals surface area contributed by atoms with E-state index >= 15 is 0 Å². The monoisotopic (exact) mass is 214 g/mol. The highest BCUT2D eigenvalue weighted by Gasteiger charge is 2.47. The van der Waals surface area contributed by atoms with Gasteiger partial charge in [0.2, 0.25) is 0 Å². The van der Waals surface area contributed by atoms with Crippen LogP contribution in [0.2, 0.25) is 0 Å². The molecule has 0 N–H and O–H groups in total. The Labute approximate surface area is 99.4 Å². The van der Waals surface area contributed by atoms with Gasteiger partial charge in [0.1, 0.15) is 0 Å². The van der Waals surface area contributed by atoms with Crippen molar-refractivity contribution in [3.05, 3.63) is 48.6 Å². The molecule has 0 amide bonds. The molecule has 0 heterocycles. The Kier molecular flexibility index (Phi) is 3.18. The topological polar surface area (TPSA) is 0 Å². The lowest BCUT2D eigenvalue weighted by atomic mass is 9.73. The largest absolute Gasteiger partial charge is 0.0990 e. The second-order valence-corrected chi connectivity index (χ2v) is 5.61. The molecule has 0 aliphatic heterocycles. The van der Waals surface area contributed by atoms with E-state index in [1.807, 2.05) is 36.4 Å². The minimum Gasteiger partial charge on any atom is -0.0990 e. The zero-order valence-corrected chi connectivity index (χ0v) is 10.4. The number of fused-ring (bicyclic) bond motifs is 2. The summed E-state index contributed by atoms with van der Waals surface area (Å²) in [5, 5.41) is 0. The first-order chi connectivity index (χ1) is 7.62. The van der Waals surface area contributed by atoms with E-state index in [0.717, 1.165) is 11.8 Å². The summed E-state index contributed by atoms with van der Waals surface area (Å²) in [6.07, 6.45) is 4.31. The zero-order valence-electron chi connectivity index (χ0n) is 10.4. The molecule has 0 spiro atoms. The molecule has 2 atom stereocenters. The average molecular weight is 214 g/mol. The van der Waals surface area contributed by atoms with Crippen molar-refractivity contribution in [2.24, 2.45) is 17.3 Å². The molecule has 0 nitrogen and oxygen atoms in total. The van der Waals surface area contributed by atoms with Gasteiger partial charge in [-0.15, -0.1) is 0 Å². The molecule has 2 unspecified atom stereocenters. The Morgan fingerprint density at radius 1 is 1.00 bits per heavy atom. The van der Waals surface area contributed by atoms with Gasteiger partial charge in [0.05, 0.1) is 0 Å². The van der Waals surface area contributed by atoms with Crippen LogP contribution in [-0.2, 0) is 0 Å². The quantitative estimate of drug-likeness (QED) is 0.550. The summed E-state index contributed by atoms with van der Waals surface area (Å²) in [6.45, 7) is 8.91. The highest BCUT2D eigenvalue weighted by molar-refractivity contribution is 5.22. The van der Waals surface area contributed by atoms with Crippen LogP contribution in [0.5, 0.6) is 0 Å². The van der Waals surface area contributed by atoms with Gasteiger partial charge in [-0.3, -0.25) is 0 Å². The van der Waals surface area contributed by atoms with Crippen LogP contribution in [0.4, 0.5) is 0 Å². The minimum atomic E-state index is 0.475. The van der Waals surface area contributed by atoms with Crippen LogP contribution in [0.15, 0.2) is 48.6 Å². The fourth-order valence-electron chi connectivity index (χ4n) is 3.13. The first kappa shape index (κ1) is 11.4. The number of hydrogen-bond acceptors (Lipinski definition) is 0. The zero-order chi connectivity index (χ0) is 11.6. The van der Waals surface area contributed by atoms with Gasteiger partial charge in [-0.25, -0.2) is 0 Å². The SMILES string of the molecule is C=C1C2CCC(C2)C1(C)C.c1ccccc1. The summed E-state index contributed by atoms with van der Waals surface area (Å²) in [6, 6.07) is 12.0. The van der Waals surface area contributed by atoms with Gasteiger partial charge in [0.25, 0.3) is 0 Å². The second kappa shape index (κ2) is 4.45. The van der Waals surface area contributed by atoms with E-state index < -0.39 is 0 Å². The molecule has 1 aromatic carbocycles. The highest BCUT2D eigenvalue weighted by atomic mass is 14.5. The predicted molar refractivity (Wildman–Crippen MR) is 70.2 cm³/mol. The molecule has 2 bridgehead atoms. The fraction of sp³-hybridized carbons (Fsp3) is 0.500. The van der Waals surface area contributed by atoms with E-state index in [9.17, 15) is 0 Å². The number of allylic oxidation sites excluding steroid dienone is 1. The summed E-state index contributed by atoms with van der Waals surface area (Å²) in [5.41, 5.74) is 2.01. The lowest BCUT2D eigenvalue weighted by Gasteiger charge is -2.31. The first-order valence-corrected chi connectivity index (χ1v) is 6.31. The van der Waals surface area contributed by atoms with E-state index in [2.05, 4.69) is 20.4 Å². The molecule has 2 saturated carbocycles. The first-order valence-electron chi connectivity index (χ1n) is 6.31. The summed E-state index contributed by atoms with van der Waals surface area (Å²) in [5.74, 6) is 1.85. The molecule has 2 aliphatic carbocycles. The molecule has 3 rings (SSSR count). The Hall–Kier alpha value is -1.04. The van der Waals surface area contributed by atoms with Crippen molar-refractivity contribution in [2.75, 3.05) is 0 Å².